The molecule has 1 aromatic rings. The second-order valence-corrected chi connectivity index (χ2v) is 5.06. The molecule has 0 fully saturated rings. The molecule has 1 atom stereocenters. The summed E-state index contributed by atoms with van der Waals surface area (Å²) in [6.07, 6.45) is 1.77. The summed E-state index contributed by atoms with van der Waals surface area (Å²) in [5.41, 5.74) is 1.66. The Morgan fingerprint density at radius 3 is 2.64 bits per heavy atom. The van der Waals surface area contributed by atoms with Crippen molar-refractivity contribution in [3.8, 4) is 11.5 Å². The van der Waals surface area contributed by atoms with E-state index in [2.05, 4.69) is 10.4 Å². The van der Waals surface area contributed by atoms with Gasteiger partial charge in [-0.3, -0.25) is 19.7 Å². The third-order valence-electron chi connectivity index (χ3n) is 3.15. The van der Waals surface area contributed by atoms with Crippen molar-refractivity contribution in [2.24, 2.45) is 5.10 Å². The van der Waals surface area contributed by atoms with Gasteiger partial charge in [-0.05, 0) is 26.3 Å². The summed E-state index contributed by atoms with van der Waals surface area (Å²) >= 11 is 0. The van der Waals surface area contributed by atoms with Crippen LogP contribution in [0.15, 0.2) is 17.2 Å². The van der Waals surface area contributed by atoms with Gasteiger partial charge >= 0.3 is 17.5 Å². The van der Waals surface area contributed by atoms with Gasteiger partial charge in [-0.1, -0.05) is 6.92 Å². The molecule has 0 aliphatic rings. The molecule has 136 valence electrons. The first-order chi connectivity index (χ1) is 11.8. The van der Waals surface area contributed by atoms with E-state index in [4.69, 9.17) is 4.74 Å². The standard InChI is InChI=1S/C15H20N4O6/c1-4-9(3)17-14(21)15(22)18-16-8-10-6-11(19(23)24)13(20)12(7-10)25-5-2/h6-9,20H,4-5H2,1-3H3,(H,17,21)(H,18,22)/b16-8-/t9-/m0/s1. The van der Waals surface area contributed by atoms with Crippen LogP contribution in [0.5, 0.6) is 11.5 Å². The van der Waals surface area contributed by atoms with Crippen molar-refractivity contribution in [2.45, 2.75) is 33.2 Å². The zero-order valence-corrected chi connectivity index (χ0v) is 14.1. The molecular formula is C15H20N4O6. The number of nitrogens with one attached hydrogen (secondary N) is 2. The molecule has 0 saturated carbocycles. The molecule has 0 unspecified atom stereocenters. The highest BCUT2D eigenvalue weighted by molar-refractivity contribution is 6.35. The number of phenols is 1. The van der Waals surface area contributed by atoms with Gasteiger partial charge in [-0.25, -0.2) is 5.43 Å². The number of hydrazone groups is 1. The van der Waals surface area contributed by atoms with Crippen LogP contribution in [0.25, 0.3) is 0 Å². The monoisotopic (exact) mass is 352 g/mol. The number of rotatable bonds is 7. The third kappa shape index (κ3) is 5.75. The number of carbonyl (C=O) groups is 2. The number of hydrogen-bond acceptors (Lipinski definition) is 7. The number of benzene rings is 1. The first-order valence-electron chi connectivity index (χ1n) is 7.58. The Bertz CT molecular complexity index is 689. The molecule has 1 rings (SSSR count). The Kier molecular flexibility index (Phi) is 7.32. The number of nitro benzene ring substituents is 1. The fourth-order valence-electron chi connectivity index (χ4n) is 1.70. The maximum absolute atomic E-state index is 11.6. The summed E-state index contributed by atoms with van der Waals surface area (Å²) in [6, 6.07) is 2.23. The molecule has 0 spiro atoms. The van der Waals surface area contributed by atoms with Crippen LogP contribution in [0.1, 0.15) is 32.8 Å². The van der Waals surface area contributed by atoms with E-state index in [0.717, 1.165) is 12.3 Å². The number of amides is 2. The predicted molar refractivity (Wildman–Crippen MR) is 89.6 cm³/mol. The van der Waals surface area contributed by atoms with Crippen LogP contribution < -0.4 is 15.5 Å². The lowest BCUT2D eigenvalue weighted by Gasteiger charge is -2.09. The molecule has 0 heterocycles. The Morgan fingerprint density at radius 1 is 1.40 bits per heavy atom. The highest BCUT2D eigenvalue weighted by atomic mass is 16.6. The molecule has 0 aliphatic carbocycles. The van der Waals surface area contributed by atoms with Crippen molar-refractivity contribution in [2.75, 3.05) is 6.61 Å². The predicted octanol–water partition coefficient (Wildman–Crippen LogP) is 1.06. The molecule has 25 heavy (non-hydrogen) atoms. The fourth-order valence-corrected chi connectivity index (χ4v) is 1.70. The maximum Gasteiger partial charge on any atom is 0.329 e. The number of phenolic OH excluding ortho intramolecular Hbond substituents is 1. The zero-order chi connectivity index (χ0) is 19.0. The Labute approximate surface area is 144 Å². The second kappa shape index (κ2) is 9.21. The van der Waals surface area contributed by atoms with Crippen LogP contribution in [0.3, 0.4) is 0 Å². The Morgan fingerprint density at radius 2 is 2.08 bits per heavy atom. The van der Waals surface area contributed by atoms with Crippen LogP contribution in [0.4, 0.5) is 5.69 Å². The average Bonchev–Trinajstić information content (AvgIpc) is 2.56. The van der Waals surface area contributed by atoms with Gasteiger partial charge in [0.15, 0.2) is 5.75 Å². The lowest BCUT2D eigenvalue weighted by molar-refractivity contribution is -0.386. The van der Waals surface area contributed by atoms with Crippen molar-refractivity contribution in [3.63, 3.8) is 0 Å². The molecule has 3 N–H and O–H groups in total. The number of carbonyl (C=O) groups excluding carboxylic acids is 2. The number of ether oxygens (including phenoxy) is 1. The molecule has 10 heteroatoms. The van der Waals surface area contributed by atoms with Gasteiger partial charge in [0.25, 0.3) is 0 Å². The summed E-state index contributed by atoms with van der Waals surface area (Å²) in [7, 11) is 0. The van der Waals surface area contributed by atoms with E-state index in [9.17, 15) is 24.8 Å². The topological polar surface area (TPSA) is 143 Å². The Balaban J connectivity index is 2.88. The van der Waals surface area contributed by atoms with Crippen molar-refractivity contribution < 1.29 is 24.4 Å². The molecule has 0 radical (unpaired) electrons. The summed E-state index contributed by atoms with van der Waals surface area (Å²) in [5, 5.41) is 26.8. The van der Waals surface area contributed by atoms with E-state index in [1.807, 2.05) is 12.3 Å². The second-order valence-electron chi connectivity index (χ2n) is 5.06. The van der Waals surface area contributed by atoms with Crippen LogP contribution in [-0.2, 0) is 9.59 Å². The third-order valence-corrected chi connectivity index (χ3v) is 3.15. The van der Waals surface area contributed by atoms with E-state index in [0.29, 0.717) is 6.42 Å². The van der Waals surface area contributed by atoms with Crippen LogP contribution in [0, 0.1) is 10.1 Å². The summed E-state index contributed by atoms with van der Waals surface area (Å²) in [5.74, 6) is -2.48. The number of aromatic hydroxyl groups is 1. The molecule has 0 aliphatic heterocycles. The molecule has 0 bridgehead atoms. The van der Waals surface area contributed by atoms with Gasteiger partial charge in [-0.15, -0.1) is 0 Å². The highest BCUT2D eigenvalue weighted by Gasteiger charge is 2.20. The van der Waals surface area contributed by atoms with E-state index >= 15 is 0 Å². The van der Waals surface area contributed by atoms with Crippen LogP contribution >= 0.6 is 0 Å². The fraction of sp³-hybridized carbons (Fsp3) is 0.400. The quantitative estimate of drug-likeness (QED) is 0.290. The first kappa shape index (κ1) is 19.9. The Hall–Kier alpha value is -3.17. The molecule has 10 nitrogen and oxygen atoms in total. The minimum atomic E-state index is -0.963. The summed E-state index contributed by atoms with van der Waals surface area (Å²) < 4.78 is 5.12. The largest absolute Gasteiger partial charge is 0.500 e. The van der Waals surface area contributed by atoms with Gasteiger partial charge in [0.1, 0.15) is 0 Å². The van der Waals surface area contributed by atoms with Gasteiger partial charge < -0.3 is 15.2 Å². The molecule has 0 aromatic heterocycles. The minimum Gasteiger partial charge on any atom is -0.500 e. The lowest BCUT2D eigenvalue weighted by Crippen LogP contribution is -2.41. The molecule has 1 aromatic carbocycles. The number of nitrogens with zero attached hydrogens (tertiary/aromatic N) is 2. The van der Waals surface area contributed by atoms with E-state index in [-0.39, 0.29) is 24.0 Å². The number of nitro groups is 1. The highest BCUT2D eigenvalue weighted by Crippen LogP contribution is 2.36. The molecule has 2 amide bonds. The maximum atomic E-state index is 11.6. The first-order valence-corrected chi connectivity index (χ1v) is 7.58. The van der Waals surface area contributed by atoms with Crippen molar-refractivity contribution in [1.29, 1.82) is 0 Å². The van der Waals surface area contributed by atoms with Gasteiger partial charge in [0.05, 0.1) is 17.7 Å². The number of hydrogen-bond donors (Lipinski definition) is 3. The lowest BCUT2D eigenvalue weighted by atomic mass is 10.2. The molecular weight excluding hydrogens is 332 g/mol. The van der Waals surface area contributed by atoms with Crippen LogP contribution in [0.2, 0.25) is 0 Å². The van der Waals surface area contributed by atoms with Gasteiger partial charge in [0, 0.05) is 17.7 Å². The minimum absolute atomic E-state index is 0.0843. The van der Waals surface area contributed by atoms with Crippen molar-refractivity contribution in [3.05, 3.63) is 27.8 Å². The summed E-state index contributed by atoms with van der Waals surface area (Å²) in [4.78, 5) is 33.3. The van der Waals surface area contributed by atoms with E-state index < -0.39 is 28.2 Å². The SMILES string of the molecule is CCOc1cc(/C=N\NC(=O)C(=O)N[C@@H](C)CC)cc([N+](=O)[O-])c1O. The molecule has 0 saturated heterocycles. The van der Waals surface area contributed by atoms with Gasteiger partial charge in [-0.2, -0.15) is 5.10 Å². The average molecular weight is 352 g/mol. The van der Waals surface area contributed by atoms with Gasteiger partial charge in [0.2, 0.25) is 5.75 Å². The van der Waals surface area contributed by atoms with Crippen molar-refractivity contribution in [1.82, 2.24) is 10.7 Å². The normalized spacial score (nSPS) is 11.8. The van der Waals surface area contributed by atoms with Crippen LogP contribution in [-0.4, -0.2) is 40.7 Å². The van der Waals surface area contributed by atoms with E-state index in [1.54, 1.807) is 13.8 Å². The van der Waals surface area contributed by atoms with E-state index in [1.165, 1.54) is 6.07 Å². The zero-order valence-electron chi connectivity index (χ0n) is 14.1. The smallest absolute Gasteiger partial charge is 0.329 e. The summed E-state index contributed by atoms with van der Waals surface area (Å²) in [6.45, 7) is 5.45. The van der Waals surface area contributed by atoms with Crippen molar-refractivity contribution >= 4 is 23.7 Å².